The van der Waals surface area contributed by atoms with E-state index in [1.165, 1.54) is 57.4 Å². The van der Waals surface area contributed by atoms with Gasteiger partial charge in [-0.1, -0.05) is 6.07 Å². The Kier molecular flexibility index (Phi) is 5.69. The second-order valence-electron chi connectivity index (χ2n) is 5.63. The zero-order valence-electron chi connectivity index (χ0n) is 14.4. The van der Waals surface area contributed by atoms with Crippen LogP contribution in [-0.4, -0.2) is 41.1 Å². The van der Waals surface area contributed by atoms with E-state index in [2.05, 4.69) is 10.0 Å². The highest BCUT2D eigenvalue weighted by Gasteiger charge is 2.19. The number of sulfonamides is 2. The molecule has 2 aromatic rings. The summed E-state index contributed by atoms with van der Waals surface area (Å²) in [6.45, 7) is 1.35. The van der Waals surface area contributed by atoms with Crippen molar-refractivity contribution in [1.29, 1.82) is 0 Å². The lowest BCUT2D eigenvalue weighted by atomic mass is 10.3. The lowest BCUT2D eigenvalue weighted by Crippen LogP contribution is -2.22. The molecule has 0 atom stereocenters. The molecule has 1 amide bonds. The topological polar surface area (TPSA) is 113 Å². The number of nitrogens with one attached hydrogen (secondary N) is 2. The van der Waals surface area contributed by atoms with Gasteiger partial charge in [-0.2, -0.15) is 0 Å². The number of hydrogen-bond acceptors (Lipinski definition) is 5. The summed E-state index contributed by atoms with van der Waals surface area (Å²) in [4.78, 5) is 11.0. The number of benzene rings is 2. The molecule has 140 valence electrons. The molecule has 2 aromatic carbocycles. The molecule has 0 fully saturated rings. The van der Waals surface area contributed by atoms with Crippen LogP contribution in [0.1, 0.15) is 6.92 Å². The highest BCUT2D eigenvalue weighted by atomic mass is 32.2. The van der Waals surface area contributed by atoms with E-state index in [1.807, 2.05) is 0 Å². The van der Waals surface area contributed by atoms with Crippen molar-refractivity contribution in [3.05, 3.63) is 48.5 Å². The maximum atomic E-state index is 12.5. The molecule has 0 aliphatic heterocycles. The minimum absolute atomic E-state index is 0.00546. The summed E-state index contributed by atoms with van der Waals surface area (Å²) in [6.07, 6.45) is 0. The van der Waals surface area contributed by atoms with Crippen molar-refractivity contribution in [2.45, 2.75) is 16.7 Å². The fourth-order valence-corrected chi connectivity index (χ4v) is 4.03. The van der Waals surface area contributed by atoms with Crippen LogP contribution in [0, 0.1) is 0 Å². The predicted molar refractivity (Wildman–Crippen MR) is 98.9 cm³/mol. The molecule has 26 heavy (non-hydrogen) atoms. The van der Waals surface area contributed by atoms with Crippen molar-refractivity contribution in [2.24, 2.45) is 0 Å². The average Bonchev–Trinajstić information content (AvgIpc) is 2.54. The summed E-state index contributed by atoms with van der Waals surface area (Å²) in [5.74, 6) is -0.275. The van der Waals surface area contributed by atoms with E-state index in [0.29, 0.717) is 5.69 Å². The SMILES string of the molecule is CC(=O)Nc1cccc(NS(=O)(=O)c2ccc(S(=O)(=O)N(C)C)cc2)c1. The summed E-state index contributed by atoms with van der Waals surface area (Å²) < 4.78 is 52.4. The van der Waals surface area contributed by atoms with Gasteiger partial charge in [-0.15, -0.1) is 0 Å². The van der Waals surface area contributed by atoms with Crippen LogP contribution >= 0.6 is 0 Å². The fourth-order valence-electron chi connectivity index (χ4n) is 2.08. The first-order chi connectivity index (χ1) is 12.0. The molecule has 0 saturated heterocycles. The number of rotatable bonds is 6. The molecule has 0 aliphatic carbocycles. The van der Waals surface area contributed by atoms with Gasteiger partial charge in [-0.05, 0) is 42.5 Å². The Labute approximate surface area is 152 Å². The van der Waals surface area contributed by atoms with Gasteiger partial charge in [0.25, 0.3) is 10.0 Å². The van der Waals surface area contributed by atoms with Gasteiger partial charge in [-0.25, -0.2) is 21.1 Å². The maximum Gasteiger partial charge on any atom is 0.261 e. The molecule has 0 aliphatic rings. The van der Waals surface area contributed by atoms with Gasteiger partial charge in [0.15, 0.2) is 0 Å². The van der Waals surface area contributed by atoms with Crippen LogP contribution in [-0.2, 0) is 24.8 Å². The standard InChI is InChI=1S/C16H19N3O5S2/c1-12(20)17-13-5-4-6-14(11-13)18-25(21,22)15-7-9-16(10-8-15)26(23,24)19(2)3/h4-11,18H,1-3H3,(H,17,20). The number of amides is 1. The summed E-state index contributed by atoms with van der Waals surface area (Å²) in [7, 11) is -4.76. The Morgan fingerprint density at radius 3 is 1.96 bits per heavy atom. The molecular formula is C16H19N3O5S2. The molecule has 0 bridgehead atoms. The van der Waals surface area contributed by atoms with Gasteiger partial charge >= 0.3 is 0 Å². The molecular weight excluding hydrogens is 378 g/mol. The average molecular weight is 397 g/mol. The zero-order valence-corrected chi connectivity index (χ0v) is 16.1. The molecule has 0 radical (unpaired) electrons. The smallest absolute Gasteiger partial charge is 0.261 e. The first-order valence-corrected chi connectivity index (χ1v) is 10.4. The number of hydrogen-bond donors (Lipinski definition) is 2. The van der Waals surface area contributed by atoms with Gasteiger partial charge in [0.2, 0.25) is 15.9 Å². The third-order valence-electron chi connectivity index (χ3n) is 3.35. The van der Waals surface area contributed by atoms with E-state index >= 15 is 0 Å². The number of carbonyl (C=O) groups excluding carboxylic acids is 1. The molecule has 0 saturated carbocycles. The van der Waals surface area contributed by atoms with Crippen LogP contribution in [0.5, 0.6) is 0 Å². The Hall–Kier alpha value is -2.43. The molecule has 2 N–H and O–H groups in total. The largest absolute Gasteiger partial charge is 0.326 e. The molecule has 0 heterocycles. The lowest BCUT2D eigenvalue weighted by Gasteiger charge is -2.13. The maximum absolute atomic E-state index is 12.5. The summed E-state index contributed by atoms with van der Waals surface area (Å²) >= 11 is 0. The quantitative estimate of drug-likeness (QED) is 0.770. The Morgan fingerprint density at radius 1 is 0.885 bits per heavy atom. The van der Waals surface area contributed by atoms with Crippen LogP contribution < -0.4 is 10.0 Å². The fraction of sp³-hybridized carbons (Fsp3) is 0.188. The number of anilines is 2. The van der Waals surface area contributed by atoms with Crippen LogP contribution in [0.25, 0.3) is 0 Å². The van der Waals surface area contributed by atoms with Gasteiger partial charge in [0.05, 0.1) is 15.5 Å². The van der Waals surface area contributed by atoms with Crippen molar-refractivity contribution in [2.75, 3.05) is 24.1 Å². The first kappa shape index (κ1) is 19.9. The zero-order chi connectivity index (χ0) is 19.5. The van der Waals surface area contributed by atoms with Crippen LogP contribution in [0.2, 0.25) is 0 Å². The van der Waals surface area contributed by atoms with Crippen molar-refractivity contribution < 1.29 is 21.6 Å². The van der Waals surface area contributed by atoms with Crippen LogP contribution in [0.4, 0.5) is 11.4 Å². The molecule has 0 aromatic heterocycles. The minimum Gasteiger partial charge on any atom is -0.326 e. The van der Waals surface area contributed by atoms with Gasteiger partial charge < -0.3 is 5.32 Å². The second-order valence-corrected chi connectivity index (χ2v) is 9.46. The van der Waals surface area contributed by atoms with E-state index in [9.17, 15) is 21.6 Å². The highest BCUT2D eigenvalue weighted by Crippen LogP contribution is 2.21. The Balaban J connectivity index is 2.27. The second kappa shape index (κ2) is 7.44. The van der Waals surface area contributed by atoms with E-state index in [4.69, 9.17) is 0 Å². The molecule has 0 unspecified atom stereocenters. The third-order valence-corrected chi connectivity index (χ3v) is 6.57. The molecule has 10 heteroatoms. The van der Waals surface area contributed by atoms with Crippen molar-refractivity contribution in [3.63, 3.8) is 0 Å². The van der Waals surface area contributed by atoms with E-state index in [0.717, 1.165) is 4.31 Å². The molecule has 0 spiro atoms. The van der Waals surface area contributed by atoms with E-state index < -0.39 is 20.0 Å². The number of carbonyl (C=O) groups is 1. The lowest BCUT2D eigenvalue weighted by molar-refractivity contribution is -0.114. The number of nitrogens with zero attached hydrogens (tertiary/aromatic N) is 1. The van der Waals surface area contributed by atoms with Crippen molar-refractivity contribution in [3.8, 4) is 0 Å². The van der Waals surface area contributed by atoms with Gasteiger partial charge in [0.1, 0.15) is 0 Å². The van der Waals surface area contributed by atoms with Crippen LogP contribution in [0.3, 0.4) is 0 Å². The van der Waals surface area contributed by atoms with E-state index in [1.54, 1.807) is 12.1 Å². The summed E-state index contributed by atoms with van der Waals surface area (Å²) in [5, 5.41) is 2.56. The van der Waals surface area contributed by atoms with Gasteiger partial charge in [-0.3, -0.25) is 9.52 Å². The minimum atomic E-state index is -3.91. The van der Waals surface area contributed by atoms with Crippen molar-refractivity contribution in [1.82, 2.24) is 4.31 Å². The Morgan fingerprint density at radius 2 is 1.42 bits per heavy atom. The van der Waals surface area contributed by atoms with E-state index in [-0.39, 0.29) is 21.4 Å². The summed E-state index contributed by atoms with van der Waals surface area (Å²) in [6, 6.07) is 11.1. The Bertz CT molecular complexity index is 1010. The van der Waals surface area contributed by atoms with Gasteiger partial charge in [0, 0.05) is 26.7 Å². The normalized spacial score (nSPS) is 12.0. The van der Waals surface area contributed by atoms with Crippen LogP contribution in [0.15, 0.2) is 58.3 Å². The third kappa shape index (κ3) is 4.59. The predicted octanol–water partition coefficient (Wildman–Crippen LogP) is 1.70. The first-order valence-electron chi connectivity index (χ1n) is 7.45. The molecule has 8 nitrogen and oxygen atoms in total. The highest BCUT2D eigenvalue weighted by molar-refractivity contribution is 7.92. The van der Waals surface area contributed by atoms with Crippen molar-refractivity contribution >= 4 is 37.3 Å². The molecule has 2 rings (SSSR count). The monoisotopic (exact) mass is 397 g/mol. The summed E-state index contributed by atoms with van der Waals surface area (Å²) in [5.41, 5.74) is 0.714.